The molecule has 69 heavy (non-hydrogen) atoms. The van der Waals surface area contributed by atoms with Gasteiger partial charge in [-0.3, -0.25) is 0 Å². The van der Waals surface area contributed by atoms with E-state index in [-0.39, 0.29) is 0 Å². The summed E-state index contributed by atoms with van der Waals surface area (Å²) >= 11 is 0. The molecule has 0 radical (unpaired) electrons. The van der Waals surface area contributed by atoms with Gasteiger partial charge in [-0.1, -0.05) is 188 Å². The molecule has 0 amide bonds. The molecule has 11 aromatic rings. The average Bonchev–Trinajstić information content (AvgIpc) is 3.44. The summed E-state index contributed by atoms with van der Waals surface area (Å²) in [6.07, 6.45) is 0. The fourth-order valence-corrected chi connectivity index (χ4v) is 9.78. The molecule has 1 aliphatic heterocycles. The van der Waals surface area contributed by atoms with E-state index in [1.54, 1.807) is 0 Å². The van der Waals surface area contributed by atoms with Crippen LogP contribution in [-0.2, 0) is 0 Å². The van der Waals surface area contributed by atoms with Gasteiger partial charge in [0.1, 0.15) is 0 Å². The average molecular weight is 882 g/mol. The molecule has 0 fully saturated rings. The standard InChI is InChI=1S/C66H47N3/c1-4-17-48(18-5-1)53-21-14-23-55(45-53)50-33-39-59(40-34-50)67(60-41-35-51(36-42-60)56-24-15-22-54(46-56)49-19-6-2-7-20-49)61-43-37-52(38-44-61)57-25-16-28-62(47-57)69-65-31-12-10-29-63(65)68(58-26-8-3-9-27-58)64-30-11-13-32-66(64)69/h1-47H. The van der Waals surface area contributed by atoms with Crippen LogP contribution in [0.4, 0.5) is 51.2 Å². The predicted octanol–water partition coefficient (Wildman–Crippen LogP) is 18.7. The Hall–Kier alpha value is -9.18. The molecule has 0 unspecified atom stereocenters. The predicted molar refractivity (Wildman–Crippen MR) is 291 cm³/mol. The Morgan fingerprint density at radius 1 is 0.188 bits per heavy atom. The molecular formula is C66H47N3. The molecule has 0 spiro atoms. The number of para-hydroxylation sites is 5. The van der Waals surface area contributed by atoms with Gasteiger partial charge in [-0.25, -0.2) is 0 Å². The second-order valence-electron chi connectivity index (χ2n) is 17.4. The van der Waals surface area contributed by atoms with Gasteiger partial charge in [0.15, 0.2) is 0 Å². The van der Waals surface area contributed by atoms with Gasteiger partial charge in [-0.15, -0.1) is 0 Å². The molecule has 12 rings (SSSR count). The van der Waals surface area contributed by atoms with Crippen LogP contribution in [0.15, 0.2) is 285 Å². The van der Waals surface area contributed by atoms with E-state index in [9.17, 15) is 0 Å². The zero-order valence-corrected chi connectivity index (χ0v) is 38.0. The van der Waals surface area contributed by atoms with Crippen molar-refractivity contribution in [3.8, 4) is 55.6 Å². The van der Waals surface area contributed by atoms with Gasteiger partial charge in [0.25, 0.3) is 0 Å². The quantitative estimate of drug-likeness (QED) is 0.135. The van der Waals surface area contributed by atoms with E-state index < -0.39 is 0 Å². The van der Waals surface area contributed by atoms with Crippen molar-refractivity contribution < 1.29 is 0 Å². The molecule has 11 aromatic carbocycles. The van der Waals surface area contributed by atoms with E-state index in [0.29, 0.717) is 0 Å². The summed E-state index contributed by atoms with van der Waals surface area (Å²) in [6, 6.07) is 103. The number of hydrogen-bond acceptors (Lipinski definition) is 3. The first-order chi connectivity index (χ1) is 34.2. The maximum absolute atomic E-state index is 2.40. The van der Waals surface area contributed by atoms with E-state index >= 15 is 0 Å². The van der Waals surface area contributed by atoms with Crippen LogP contribution < -0.4 is 14.7 Å². The molecule has 1 heterocycles. The molecule has 0 aromatic heterocycles. The van der Waals surface area contributed by atoms with Crippen molar-refractivity contribution in [3.63, 3.8) is 0 Å². The van der Waals surface area contributed by atoms with Crippen molar-refractivity contribution in [1.29, 1.82) is 0 Å². The van der Waals surface area contributed by atoms with Gasteiger partial charge in [-0.05, 0) is 153 Å². The first-order valence-corrected chi connectivity index (χ1v) is 23.6. The Morgan fingerprint density at radius 3 is 0.826 bits per heavy atom. The van der Waals surface area contributed by atoms with Crippen LogP contribution in [0.1, 0.15) is 0 Å². The summed E-state index contributed by atoms with van der Waals surface area (Å²) in [5.41, 5.74) is 21.9. The third kappa shape index (κ3) is 8.13. The summed E-state index contributed by atoms with van der Waals surface area (Å²) in [6.45, 7) is 0. The monoisotopic (exact) mass is 881 g/mol. The van der Waals surface area contributed by atoms with Crippen molar-refractivity contribution in [1.82, 2.24) is 0 Å². The minimum Gasteiger partial charge on any atom is -0.311 e. The zero-order chi connectivity index (χ0) is 45.9. The van der Waals surface area contributed by atoms with Crippen LogP contribution in [0.25, 0.3) is 55.6 Å². The van der Waals surface area contributed by atoms with Crippen molar-refractivity contribution in [2.24, 2.45) is 0 Å². The fraction of sp³-hybridized carbons (Fsp3) is 0. The smallest absolute Gasteiger partial charge is 0.0703 e. The van der Waals surface area contributed by atoms with Crippen LogP contribution in [0, 0.1) is 0 Å². The molecule has 0 atom stereocenters. The Labute approximate surface area is 404 Å². The molecule has 0 saturated heterocycles. The summed E-state index contributed by atoms with van der Waals surface area (Å²) < 4.78 is 0. The molecule has 0 aliphatic carbocycles. The summed E-state index contributed by atoms with van der Waals surface area (Å²) in [5, 5.41) is 0. The number of nitrogens with zero attached hydrogens (tertiary/aromatic N) is 3. The third-order valence-corrected chi connectivity index (χ3v) is 13.2. The Morgan fingerprint density at radius 2 is 0.449 bits per heavy atom. The molecule has 326 valence electrons. The number of benzene rings is 11. The lowest BCUT2D eigenvalue weighted by molar-refractivity contribution is 1.17. The lowest BCUT2D eigenvalue weighted by Crippen LogP contribution is -2.23. The van der Waals surface area contributed by atoms with Crippen LogP contribution in [0.3, 0.4) is 0 Å². The summed E-state index contributed by atoms with van der Waals surface area (Å²) in [4.78, 5) is 7.12. The van der Waals surface area contributed by atoms with Crippen molar-refractivity contribution in [2.75, 3.05) is 14.7 Å². The van der Waals surface area contributed by atoms with Crippen molar-refractivity contribution in [3.05, 3.63) is 285 Å². The second-order valence-corrected chi connectivity index (χ2v) is 17.4. The molecule has 0 saturated carbocycles. The molecule has 0 bridgehead atoms. The lowest BCUT2D eigenvalue weighted by Gasteiger charge is -2.40. The molecule has 1 aliphatic rings. The van der Waals surface area contributed by atoms with E-state index in [0.717, 1.165) is 62.3 Å². The molecular weight excluding hydrogens is 835 g/mol. The third-order valence-electron chi connectivity index (χ3n) is 13.2. The first-order valence-electron chi connectivity index (χ1n) is 23.6. The fourth-order valence-electron chi connectivity index (χ4n) is 9.78. The van der Waals surface area contributed by atoms with Crippen LogP contribution in [0.5, 0.6) is 0 Å². The molecule has 0 N–H and O–H groups in total. The Balaban J connectivity index is 0.891. The van der Waals surface area contributed by atoms with Crippen LogP contribution in [-0.4, -0.2) is 0 Å². The van der Waals surface area contributed by atoms with E-state index in [1.807, 2.05) is 0 Å². The Kier molecular flexibility index (Phi) is 10.9. The highest BCUT2D eigenvalue weighted by Crippen LogP contribution is 2.54. The highest BCUT2D eigenvalue weighted by Gasteiger charge is 2.30. The van der Waals surface area contributed by atoms with Crippen molar-refractivity contribution in [2.45, 2.75) is 0 Å². The lowest BCUT2D eigenvalue weighted by atomic mass is 9.98. The van der Waals surface area contributed by atoms with Gasteiger partial charge in [-0.2, -0.15) is 0 Å². The van der Waals surface area contributed by atoms with Gasteiger partial charge >= 0.3 is 0 Å². The van der Waals surface area contributed by atoms with Gasteiger partial charge in [0.2, 0.25) is 0 Å². The minimum absolute atomic E-state index is 1.08. The highest BCUT2D eigenvalue weighted by molar-refractivity contribution is 6.01. The largest absolute Gasteiger partial charge is 0.311 e. The number of rotatable bonds is 10. The van der Waals surface area contributed by atoms with E-state index in [1.165, 1.54) is 44.5 Å². The number of anilines is 9. The topological polar surface area (TPSA) is 9.72 Å². The normalized spacial score (nSPS) is 11.7. The first kappa shape index (κ1) is 41.3. The molecule has 3 heteroatoms. The van der Waals surface area contributed by atoms with E-state index in [4.69, 9.17) is 0 Å². The zero-order valence-electron chi connectivity index (χ0n) is 38.0. The van der Waals surface area contributed by atoms with Gasteiger partial charge < -0.3 is 14.7 Å². The molecule has 3 nitrogen and oxygen atoms in total. The SMILES string of the molecule is c1ccc(-c2cccc(-c3ccc(N(c4ccc(-c5cccc(-c6ccccc6)c5)cc4)c4ccc(-c5cccc(N6c7ccccc7N(c7ccccc7)c7ccccc76)c5)cc4)cc3)c2)cc1. The highest BCUT2D eigenvalue weighted by atomic mass is 15.3. The van der Waals surface area contributed by atoms with Crippen molar-refractivity contribution >= 4 is 51.2 Å². The van der Waals surface area contributed by atoms with Gasteiger partial charge in [0.05, 0.1) is 22.7 Å². The number of fused-ring (bicyclic) bond motifs is 2. The minimum atomic E-state index is 1.08. The summed E-state index contributed by atoms with van der Waals surface area (Å²) in [5.74, 6) is 0. The maximum Gasteiger partial charge on any atom is 0.0703 e. The number of hydrogen-bond donors (Lipinski definition) is 0. The summed E-state index contributed by atoms with van der Waals surface area (Å²) in [7, 11) is 0. The van der Waals surface area contributed by atoms with E-state index in [2.05, 4.69) is 300 Å². The van der Waals surface area contributed by atoms with Gasteiger partial charge in [0, 0.05) is 28.4 Å². The van der Waals surface area contributed by atoms with Crippen LogP contribution >= 0.6 is 0 Å². The second kappa shape index (κ2) is 18.2. The van der Waals surface area contributed by atoms with Crippen LogP contribution in [0.2, 0.25) is 0 Å². The Bertz CT molecular complexity index is 3360. The maximum atomic E-state index is 2.40.